The predicted molar refractivity (Wildman–Crippen MR) is 123 cm³/mol. The fraction of sp³-hybridized carbons (Fsp3) is 0.240. The van der Waals surface area contributed by atoms with Crippen LogP contribution in [0.25, 0.3) is 6.08 Å². The number of amides is 1. The molecule has 1 aliphatic heterocycles. The molecule has 0 spiro atoms. The van der Waals surface area contributed by atoms with Crippen LogP contribution in [-0.2, 0) is 4.79 Å². The van der Waals surface area contributed by atoms with Crippen LogP contribution in [0.5, 0.6) is 0 Å². The summed E-state index contributed by atoms with van der Waals surface area (Å²) in [6, 6.07) is 17.1. The van der Waals surface area contributed by atoms with Crippen LogP contribution in [0.15, 0.2) is 82.0 Å². The van der Waals surface area contributed by atoms with Crippen LogP contribution < -0.4 is 0 Å². The average Bonchev–Trinajstić information content (AvgIpc) is 2.98. The molecule has 2 aromatic rings. The van der Waals surface area contributed by atoms with Gasteiger partial charge in [-0.1, -0.05) is 85.6 Å². The van der Waals surface area contributed by atoms with Crippen molar-refractivity contribution >= 4 is 35.1 Å². The number of rotatable bonds is 3. The molecule has 0 radical (unpaired) electrons. The smallest absolute Gasteiger partial charge is 0.265 e. The number of hydrogen-bond acceptors (Lipinski definition) is 3. The molecule has 0 N–H and O–H groups in total. The van der Waals surface area contributed by atoms with Gasteiger partial charge < -0.3 is 0 Å². The lowest BCUT2D eigenvalue weighted by atomic mass is 9.79. The van der Waals surface area contributed by atoms with Gasteiger partial charge in [-0.2, -0.15) is 10.1 Å². The van der Waals surface area contributed by atoms with E-state index in [4.69, 9.17) is 16.7 Å². The Morgan fingerprint density at radius 1 is 1.10 bits per heavy atom. The number of amidine groups is 1. The Morgan fingerprint density at radius 2 is 1.80 bits per heavy atom. The van der Waals surface area contributed by atoms with Gasteiger partial charge in [0, 0.05) is 22.7 Å². The first-order chi connectivity index (χ1) is 14.3. The van der Waals surface area contributed by atoms with Crippen molar-refractivity contribution in [1.82, 2.24) is 5.01 Å². The standard InChI is InChI=1S/C25H24ClN3O/c1-17-13-20(16-25(2,3)15-17)28-29-23(18-9-5-4-6-10-18)27-22(24(29)30)14-19-11-7-8-12-21(19)26/h4-12,14-15H,13,16H2,1-3H3/b22-14+,28-20+. The van der Waals surface area contributed by atoms with Crippen molar-refractivity contribution in [3.8, 4) is 0 Å². The van der Waals surface area contributed by atoms with E-state index in [9.17, 15) is 4.79 Å². The second kappa shape index (κ2) is 8.04. The Labute approximate surface area is 182 Å². The summed E-state index contributed by atoms with van der Waals surface area (Å²) in [5.74, 6) is 0.294. The summed E-state index contributed by atoms with van der Waals surface area (Å²) in [6.45, 7) is 6.48. The number of carbonyl (C=O) groups excluding carboxylic acids is 1. The van der Waals surface area contributed by atoms with Gasteiger partial charge in [-0.05, 0) is 36.5 Å². The Balaban J connectivity index is 1.77. The minimum Gasteiger partial charge on any atom is -0.265 e. The number of aliphatic imine (C=N–C) groups is 1. The number of hydrazone groups is 1. The topological polar surface area (TPSA) is 45.0 Å². The summed E-state index contributed by atoms with van der Waals surface area (Å²) in [5, 5.41) is 6.81. The Bertz CT molecular complexity index is 1110. The molecule has 30 heavy (non-hydrogen) atoms. The summed E-state index contributed by atoms with van der Waals surface area (Å²) in [4.78, 5) is 18.0. The SMILES string of the molecule is CC1=CC(C)(C)C/C(=N/N2C(=O)/C(=C\c3ccccc3Cl)N=C2c2ccccc2)C1. The molecule has 2 aliphatic rings. The predicted octanol–water partition coefficient (Wildman–Crippen LogP) is 6.09. The summed E-state index contributed by atoms with van der Waals surface area (Å²) < 4.78 is 0. The lowest BCUT2D eigenvalue weighted by Crippen LogP contribution is -2.31. The second-order valence-electron chi connectivity index (χ2n) is 8.47. The molecule has 0 aromatic heterocycles. The van der Waals surface area contributed by atoms with Gasteiger partial charge in [0.1, 0.15) is 5.70 Å². The monoisotopic (exact) mass is 417 g/mol. The third kappa shape index (κ3) is 4.29. The maximum Gasteiger partial charge on any atom is 0.298 e. The van der Waals surface area contributed by atoms with Gasteiger partial charge in [0.2, 0.25) is 0 Å². The molecule has 4 nitrogen and oxygen atoms in total. The minimum absolute atomic E-state index is 0.0181. The molecule has 2 aromatic carbocycles. The number of carbonyl (C=O) groups is 1. The van der Waals surface area contributed by atoms with Gasteiger partial charge in [0.05, 0.1) is 0 Å². The van der Waals surface area contributed by atoms with Gasteiger partial charge in [0.25, 0.3) is 5.91 Å². The maximum absolute atomic E-state index is 13.3. The van der Waals surface area contributed by atoms with Gasteiger partial charge in [0.15, 0.2) is 5.84 Å². The van der Waals surface area contributed by atoms with Crippen LogP contribution in [-0.4, -0.2) is 22.5 Å². The van der Waals surface area contributed by atoms with E-state index in [2.05, 4.69) is 31.8 Å². The van der Waals surface area contributed by atoms with Crippen LogP contribution in [0.1, 0.15) is 44.7 Å². The molecular weight excluding hydrogens is 394 g/mol. The van der Waals surface area contributed by atoms with Crippen molar-refractivity contribution in [1.29, 1.82) is 0 Å². The average molecular weight is 418 g/mol. The van der Waals surface area contributed by atoms with E-state index in [0.717, 1.165) is 29.7 Å². The van der Waals surface area contributed by atoms with Crippen molar-refractivity contribution in [2.75, 3.05) is 0 Å². The van der Waals surface area contributed by atoms with E-state index in [0.29, 0.717) is 16.6 Å². The third-order valence-corrected chi connectivity index (χ3v) is 5.43. The molecule has 1 aliphatic carbocycles. The van der Waals surface area contributed by atoms with Gasteiger partial charge in [-0.15, -0.1) is 0 Å². The first kappa shape index (κ1) is 20.3. The van der Waals surface area contributed by atoms with Crippen molar-refractivity contribution in [3.05, 3.63) is 88.1 Å². The summed E-state index contributed by atoms with van der Waals surface area (Å²) in [7, 11) is 0. The molecule has 1 heterocycles. The first-order valence-electron chi connectivity index (χ1n) is 10.0. The number of hydrogen-bond donors (Lipinski definition) is 0. The quantitative estimate of drug-likeness (QED) is 0.440. The molecule has 0 saturated carbocycles. The largest absolute Gasteiger partial charge is 0.298 e. The number of allylic oxidation sites excluding steroid dienone is 2. The van der Waals surface area contributed by atoms with E-state index in [1.54, 1.807) is 12.1 Å². The van der Waals surface area contributed by atoms with Crippen LogP contribution >= 0.6 is 11.6 Å². The van der Waals surface area contributed by atoms with Gasteiger partial charge in [-0.3, -0.25) is 4.79 Å². The Hall–Kier alpha value is -2.98. The van der Waals surface area contributed by atoms with E-state index < -0.39 is 0 Å². The van der Waals surface area contributed by atoms with E-state index in [-0.39, 0.29) is 11.3 Å². The molecule has 0 saturated heterocycles. The highest BCUT2D eigenvalue weighted by molar-refractivity contribution is 6.32. The minimum atomic E-state index is -0.244. The molecule has 4 rings (SSSR count). The highest BCUT2D eigenvalue weighted by Crippen LogP contribution is 2.33. The lowest BCUT2D eigenvalue weighted by Gasteiger charge is -2.28. The van der Waals surface area contributed by atoms with Crippen molar-refractivity contribution in [2.45, 2.75) is 33.6 Å². The van der Waals surface area contributed by atoms with Gasteiger partial charge in [-0.25, -0.2) is 4.99 Å². The van der Waals surface area contributed by atoms with Crippen LogP contribution in [0.3, 0.4) is 0 Å². The molecular formula is C25H24ClN3O. The highest BCUT2D eigenvalue weighted by Gasteiger charge is 2.33. The third-order valence-electron chi connectivity index (χ3n) is 5.09. The van der Waals surface area contributed by atoms with Crippen LogP contribution in [0, 0.1) is 5.41 Å². The molecule has 0 bridgehead atoms. The fourth-order valence-electron chi connectivity index (χ4n) is 4.01. The van der Waals surface area contributed by atoms with Gasteiger partial charge >= 0.3 is 0 Å². The Morgan fingerprint density at radius 3 is 2.50 bits per heavy atom. The lowest BCUT2D eigenvalue weighted by molar-refractivity contribution is -0.122. The zero-order valence-corrected chi connectivity index (χ0v) is 18.1. The zero-order valence-electron chi connectivity index (χ0n) is 17.4. The summed E-state index contributed by atoms with van der Waals surface area (Å²) in [5.41, 5.74) is 4.20. The molecule has 1 amide bonds. The normalized spacial score (nSPS) is 21.2. The number of halogens is 1. The van der Waals surface area contributed by atoms with E-state index in [1.807, 2.05) is 48.5 Å². The summed E-state index contributed by atoms with van der Waals surface area (Å²) in [6.07, 6.45) is 5.58. The van der Waals surface area contributed by atoms with Crippen LogP contribution in [0.2, 0.25) is 5.02 Å². The fourth-order valence-corrected chi connectivity index (χ4v) is 4.20. The molecule has 0 fully saturated rings. The molecule has 0 unspecified atom stereocenters. The number of nitrogens with zero attached hydrogens (tertiary/aromatic N) is 3. The molecule has 0 atom stereocenters. The van der Waals surface area contributed by atoms with Crippen molar-refractivity contribution < 1.29 is 4.79 Å². The van der Waals surface area contributed by atoms with E-state index in [1.165, 1.54) is 10.6 Å². The maximum atomic E-state index is 13.3. The van der Waals surface area contributed by atoms with Crippen molar-refractivity contribution in [3.63, 3.8) is 0 Å². The molecule has 152 valence electrons. The first-order valence-corrected chi connectivity index (χ1v) is 10.4. The highest BCUT2D eigenvalue weighted by atomic mass is 35.5. The Kier molecular flexibility index (Phi) is 5.44. The number of benzene rings is 2. The second-order valence-corrected chi connectivity index (χ2v) is 8.88. The van der Waals surface area contributed by atoms with Crippen molar-refractivity contribution in [2.24, 2.45) is 15.5 Å². The zero-order chi connectivity index (χ0) is 21.3. The summed E-state index contributed by atoms with van der Waals surface area (Å²) >= 11 is 6.29. The molecule has 5 heteroatoms. The van der Waals surface area contributed by atoms with E-state index >= 15 is 0 Å². The van der Waals surface area contributed by atoms with Crippen LogP contribution in [0.4, 0.5) is 0 Å².